The molecule has 6 heteroatoms. The summed E-state index contributed by atoms with van der Waals surface area (Å²) in [4.78, 5) is 14.4. The minimum absolute atomic E-state index is 0.297. The Labute approximate surface area is 137 Å². The Morgan fingerprint density at radius 1 is 1.41 bits per heavy atom. The van der Waals surface area contributed by atoms with E-state index in [1.807, 2.05) is 4.90 Å². The van der Waals surface area contributed by atoms with Crippen molar-refractivity contribution in [3.8, 4) is 0 Å². The van der Waals surface area contributed by atoms with E-state index in [9.17, 15) is 4.79 Å². The van der Waals surface area contributed by atoms with Gasteiger partial charge in [-0.1, -0.05) is 13.8 Å². The van der Waals surface area contributed by atoms with Crippen molar-refractivity contribution < 1.29 is 4.79 Å². The Kier molecular flexibility index (Phi) is 4.66. The number of H-pyrrole nitrogens is 1. The normalized spacial score (nSPS) is 22.3. The van der Waals surface area contributed by atoms with Crippen LogP contribution >= 0.6 is 12.2 Å². The molecule has 0 spiro atoms. The molecule has 1 aromatic rings. The van der Waals surface area contributed by atoms with Gasteiger partial charge in [0.2, 0.25) is 5.91 Å². The van der Waals surface area contributed by atoms with Crippen molar-refractivity contribution in [2.45, 2.75) is 64.3 Å². The van der Waals surface area contributed by atoms with Gasteiger partial charge in [-0.2, -0.15) is 5.10 Å². The molecule has 2 heterocycles. The van der Waals surface area contributed by atoms with E-state index < -0.39 is 0 Å². The number of aromatic nitrogens is 3. The van der Waals surface area contributed by atoms with Crippen LogP contribution in [0.4, 0.5) is 0 Å². The zero-order valence-corrected chi connectivity index (χ0v) is 14.4. The van der Waals surface area contributed by atoms with Crippen LogP contribution in [0.2, 0.25) is 0 Å². The third-order valence-corrected chi connectivity index (χ3v) is 5.01. The Balaban J connectivity index is 1.68. The van der Waals surface area contributed by atoms with Crippen LogP contribution in [0.25, 0.3) is 0 Å². The fraction of sp³-hybridized carbons (Fsp3) is 0.812. The first kappa shape index (κ1) is 15.7. The van der Waals surface area contributed by atoms with E-state index in [0.29, 0.717) is 30.2 Å². The molecular weight excluding hydrogens is 296 g/mol. The van der Waals surface area contributed by atoms with E-state index in [1.54, 1.807) is 0 Å². The number of amides is 1. The Bertz CT molecular complexity index is 587. The quantitative estimate of drug-likeness (QED) is 0.845. The van der Waals surface area contributed by atoms with Crippen molar-refractivity contribution in [2.24, 2.45) is 5.92 Å². The molecule has 1 saturated carbocycles. The Morgan fingerprint density at radius 3 is 2.86 bits per heavy atom. The number of aromatic amines is 1. The molecule has 1 aromatic heterocycles. The summed E-state index contributed by atoms with van der Waals surface area (Å²) in [5.74, 6) is 2.26. The number of carbonyl (C=O) groups is 1. The topological polar surface area (TPSA) is 53.9 Å². The minimum Gasteiger partial charge on any atom is -0.342 e. The zero-order chi connectivity index (χ0) is 15.7. The molecule has 1 atom stereocenters. The maximum Gasteiger partial charge on any atom is 0.222 e. The molecule has 2 aliphatic rings. The number of hydrogen-bond donors (Lipinski definition) is 1. The van der Waals surface area contributed by atoms with E-state index in [-0.39, 0.29) is 0 Å². The van der Waals surface area contributed by atoms with Crippen molar-refractivity contribution in [1.29, 1.82) is 0 Å². The molecule has 0 bridgehead atoms. The molecule has 5 nitrogen and oxygen atoms in total. The average Bonchev–Trinajstić information content (AvgIpc) is 3.27. The van der Waals surface area contributed by atoms with Crippen molar-refractivity contribution >= 4 is 18.1 Å². The zero-order valence-electron chi connectivity index (χ0n) is 13.5. The van der Waals surface area contributed by atoms with Gasteiger partial charge in [-0.15, -0.1) is 0 Å². The molecule has 1 aliphatic heterocycles. The maximum absolute atomic E-state index is 12.4. The van der Waals surface area contributed by atoms with Gasteiger partial charge in [-0.05, 0) is 50.2 Å². The smallest absolute Gasteiger partial charge is 0.222 e. The highest BCUT2D eigenvalue weighted by atomic mass is 32.1. The highest BCUT2D eigenvalue weighted by molar-refractivity contribution is 7.71. The summed E-state index contributed by atoms with van der Waals surface area (Å²) in [5.41, 5.74) is 0. The van der Waals surface area contributed by atoms with E-state index in [0.717, 1.165) is 42.9 Å². The van der Waals surface area contributed by atoms with Gasteiger partial charge in [0, 0.05) is 31.5 Å². The summed E-state index contributed by atoms with van der Waals surface area (Å²) >= 11 is 5.37. The molecule has 1 amide bonds. The number of carbonyl (C=O) groups excluding carboxylic acids is 1. The molecule has 1 aliphatic carbocycles. The number of rotatable bonds is 5. The largest absolute Gasteiger partial charge is 0.342 e. The lowest BCUT2D eigenvalue weighted by atomic mass is 9.96. The lowest BCUT2D eigenvalue weighted by Crippen LogP contribution is -2.39. The van der Waals surface area contributed by atoms with Crippen LogP contribution in [0.5, 0.6) is 0 Å². The number of piperidine rings is 1. The number of nitrogens with zero attached hydrogens (tertiary/aromatic N) is 3. The summed E-state index contributed by atoms with van der Waals surface area (Å²) in [7, 11) is 0. The van der Waals surface area contributed by atoms with Gasteiger partial charge in [-0.25, -0.2) is 0 Å². The molecule has 22 heavy (non-hydrogen) atoms. The van der Waals surface area contributed by atoms with Crippen molar-refractivity contribution in [1.82, 2.24) is 19.7 Å². The Hall–Kier alpha value is -1.17. The van der Waals surface area contributed by atoms with Crippen LogP contribution in [0.1, 0.15) is 70.2 Å². The molecule has 3 rings (SSSR count). The molecule has 1 saturated heterocycles. The van der Waals surface area contributed by atoms with E-state index in [2.05, 4.69) is 28.6 Å². The standard InChI is InChI=1S/C16H26N4OS/c1-11(2)5-8-14(21)19-9-3-4-12(10-19)15-17-18-16(22)20(15)13-6-7-13/h11-13H,3-10H2,1-2H3,(H,18,22). The number of nitrogens with one attached hydrogen (secondary N) is 1. The first-order valence-electron chi connectivity index (χ1n) is 8.51. The summed E-state index contributed by atoms with van der Waals surface area (Å²) in [6.45, 7) is 6.02. The van der Waals surface area contributed by atoms with E-state index in [4.69, 9.17) is 12.2 Å². The van der Waals surface area contributed by atoms with Crippen molar-refractivity contribution in [3.05, 3.63) is 10.6 Å². The first-order chi connectivity index (χ1) is 10.6. The third-order valence-electron chi connectivity index (χ3n) is 4.72. The number of hydrogen-bond acceptors (Lipinski definition) is 3. The average molecular weight is 322 g/mol. The molecule has 1 N–H and O–H groups in total. The van der Waals surface area contributed by atoms with Gasteiger partial charge in [0.25, 0.3) is 0 Å². The molecular formula is C16H26N4OS. The summed E-state index contributed by atoms with van der Waals surface area (Å²) in [5, 5.41) is 7.43. The fourth-order valence-electron chi connectivity index (χ4n) is 3.28. The third kappa shape index (κ3) is 3.42. The van der Waals surface area contributed by atoms with Crippen LogP contribution in [0, 0.1) is 10.7 Å². The lowest BCUT2D eigenvalue weighted by molar-refractivity contribution is -0.132. The van der Waals surface area contributed by atoms with Gasteiger partial charge in [0.1, 0.15) is 5.82 Å². The second-order valence-electron chi connectivity index (χ2n) is 7.10. The molecule has 2 fully saturated rings. The number of likely N-dealkylation sites (tertiary alicyclic amines) is 1. The molecule has 1 unspecified atom stereocenters. The monoisotopic (exact) mass is 322 g/mol. The van der Waals surface area contributed by atoms with E-state index >= 15 is 0 Å². The summed E-state index contributed by atoms with van der Waals surface area (Å²) in [6.07, 6.45) is 6.19. The SMILES string of the molecule is CC(C)CCC(=O)N1CCCC(c2n[nH]c(=S)n2C2CC2)C1. The predicted octanol–water partition coefficient (Wildman–Crippen LogP) is 3.42. The van der Waals surface area contributed by atoms with Crippen LogP contribution in [0.3, 0.4) is 0 Å². The first-order valence-corrected chi connectivity index (χ1v) is 8.91. The summed E-state index contributed by atoms with van der Waals surface area (Å²) in [6, 6.07) is 0.535. The van der Waals surface area contributed by atoms with Gasteiger partial charge in [-0.3, -0.25) is 9.89 Å². The second kappa shape index (κ2) is 6.52. The fourth-order valence-corrected chi connectivity index (χ4v) is 3.56. The lowest BCUT2D eigenvalue weighted by Gasteiger charge is -2.32. The van der Waals surface area contributed by atoms with Crippen LogP contribution in [0.15, 0.2) is 0 Å². The van der Waals surface area contributed by atoms with Crippen LogP contribution < -0.4 is 0 Å². The van der Waals surface area contributed by atoms with Crippen LogP contribution in [-0.4, -0.2) is 38.7 Å². The van der Waals surface area contributed by atoms with Gasteiger partial charge in [0.15, 0.2) is 4.77 Å². The molecule has 0 radical (unpaired) electrons. The molecule has 0 aromatic carbocycles. The second-order valence-corrected chi connectivity index (χ2v) is 7.49. The van der Waals surface area contributed by atoms with E-state index in [1.165, 1.54) is 12.8 Å². The highest BCUT2D eigenvalue weighted by Gasteiger charge is 2.33. The Morgan fingerprint density at radius 2 is 2.18 bits per heavy atom. The maximum atomic E-state index is 12.4. The van der Waals surface area contributed by atoms with Crippen LogP contribution in [-0.2, 0) is 4.79 Å². The summed E-state index contributed by atoms with van der Waals surface area (Å²) < 4.78 is 2.93. The highest BCUT2D eigenvalue weighted by Crippen LogP contribution is 2.38. The van der Waals surface area contributed by atoms with Gasteiger partial charge < -0.3 is 9.47 Å². The van der Waals surface area contributed by atoms with Crippen molar-refractivity contribution in [2.75, 3.05) is 13.1 Å². The van der Waals surface area contributed by atoms with Gasteiger partial charge >= 0.3 is 0 Å². The molecule has 122 valence electrons. The van der Waals surface area contributed by atoms with Crippen molar-refractivity contribution in [3.63, 3.8) is 0 Å². The van der Waals surface area contributed by atoms with Gasteiger partial charge in [0.05, 0.1) is 0 Å². The minimum atomic E-state index is 0.297. The predicted molar refractivity (Wildman–Crippen MR) is 88.3 cm³/mol.